The summed E-state index contributed by atoms with van der Waals surface area (Å²) < 4.78 is 10.4. The molecule has 0 fully saturated rings. The second-order valence-corrected chi connectivity index (χ2v) is 6.19. The fraction of sp³-hybridized carbons (Fsp3) is 0.455. The van der Waals surface area contributed by atoms with E-state index >= 15 is 0 Å². The SMILES string of the molecule is CCOC(=O)C(CC#Cc1ccccc1)(CCC=C(C)C)C(=O)OCC. The molecule has 0 saturated heterocycles. The van der Waals surface area contributed by atoms with Crippen molar-refractivity contribution < 1.29 is 19.1 Å². The van der Waals surface area contributed by atoms with Gasteiger partial charge in [-0.15, -0.1) is 0 Å². The third-order valence-corrected chi connectivity index (χ3v) is 3.85. The molecule has 0 unspecified atom stereocenters. The summed E-state index contributed by atoms with van der Waals surface area (Å²) in [6, 6.07) is 9.46. The molecule has 1 aromatic rings. The summed E-state index contributed by atoms with van der Waals surface area (Å²) in [6.07, 6.45) is 2.94. The highest BCUT2D eigenvalue weighted by Crippen LogP contribution is 2.32. The van der Waals surface area contributed by atoms with Crippen molar-refractivity contribution in [1.82, 2.24) is 0 Å². The van der Waals surface area contributed by atoms with Crippen molar-refractivity contribution in [1.29, 1.82) is 0 Å². The third kappa shape index (κ3) is 6.40. The Morgan fingerprint density at radius 3 is 2.12 bits per heavy atom. The average molecular weight is 356 g/mol. The summed E-state index contributed by atoms with van der Waals surface area (Å²) in [5.41, 5.74) is 0.556. The fourth-order valence-corrected chi connectivity index (χ4v) is 2.48. The number of esters is 2. The molecule has 0 bridgehead atoms. The molecule has 0 amide bonds. The molecule has 4 heteroatoms. The van der Waals surface area contributed by atoms with Crippen molar-refractivity contribution >= 4 is 11.9 Å². The average Bonchev–Trinajstić information content (AvgIpc) is 2.61. The first-order valence-corrected chi connectivity index (χ1v) is 8.98. The molecule has 0 aliphatic heterocycles. The lowest BCUT2D eigenvalue weighted by molar-refractivity contribution is -0.172. The molecular formula is C22H28O4. The minimum absolute atomic E-state index is 0.0656. The van der Waals surface area contributed by atoms with Gasteiger partial charge >= 0.3 is 11.9 Å². The largest absolute Gasteiger partial charge is 0.465 e. The van der Waals surface area contributed by atoms with Crippen LogP contribution in [0, 0.1) is 17.3 Å². The van der Waals surface area contributed by atoms with Crippen molar-refractivity contribution in [3.05, 3.63) is 47.5 Å². The number of hydrogen-bond acceptors (Lipinski definition) is 4. The first-order chi connectivity index (χ1) is 12.5. The molecular weight excluding hydrogens is 328 g/mol. The molecule has 0 radical (unpaired) electrons. The summed E-state index contributed by atoms with van der Waals surface area (Å²) in [7, 11) is 0. The smallest absolute Gasteiger partial charge is 0.324 e. The van der Waals surface area contributed by atoms with Gasteiger partial charge in [-0.1, -0.05) is 41.7 Å². The van der Waals surface area contributed by atoms with Crippen LogP contribution >= 0.6 is 0 Å². The van der Waals surface area contributed by atoms with Crippen LogP contribution in [0.2, 0.25) is 0 Å². The Balaban J connectivity index is 3.17. The van der Waals surface area contributed by atoms with Crippen LogP contribution in [0.3, 0.4) is 0 Å². The van der Waals surface area contributed by atoms with E-state index in [-0.39, 0.29) is 19.6 Å². The first kappa shape index (κ1) is 21.5. The summed E-state index contributed by atoms with van der Waals surface area (Å²) in [4.78, 5) is 25.4. The highest BCUT2D eigenvalue weighted by molar-refractivity contribution is 6.00. The van der Waals surface area contributed by atoms with Gasteiger partial charge in [0, 0.05) is 12.0 Å². The summed E-state index contributed by atoms with van der Waals surface area (Å²) in [5.74, 6) is 4.87. The van der Waals surface area contributed by atoms with Gasteiger partial charge in [0.25, 0.3) is 0 Å². The molecule has 140 valence electrons. The van der Waals surface area contributed by atoms with E-state index in [0.29, 0.717) is 12.8 Å². The molecule has 0 aromatic heterocycles. The van der Waals surface area contributed by atoms with Crippen molar-refractivity contribution in [3.63, 3.8) is 0 Å². The summed E-state index contributed by atoms with van der Waals surface area (Å²) in [5, 5.41) is 0. The Labute approximate surface area is 156 Å². The molecule has 0 saturated carbocycles. The normalized spacial score (nSPS) is 10.3. The number of allylic oxidation sites excluding steroid dienone is 2. The van der Waals surface area contributed by atoms with E-state index in [1.807, 2.05) is 50.3 Å². The van der Waals surface area contributed by atoms with Gasteiger partial charge in [0.05, 0.1) is 13.2 Å². The van der Waals surface area contributed by atoms with Gasteiger partial charge in [-0.3, -0.25) is 9.59 Å². The monoisotopic (exact) mass is 356 g/mol. The number of carbonyl (C=O) groups is 2. The maximum atomic E-state index is 12.7. The van der Waals surface area contributed by atoms with Crippen LogP contribution in [0.5, 0.6) is 0 Å². The van der Waals surface area contributed by atoms with Crippen LogP contribution in [-0.4, -0.2) is 25.2 Å². The standard InChI is InChI=1S/C22H28O4/c1-5-25-20(23)22(21(24)26-6-2,16-10-12-18(3)4)17-11-15-19-13-8-7-9-14-19/h7-9,12-14H,5-6,10,16-17H2,1-4H3. The lowest BCUT2D eigenvalue weighted by atomic mass is 9.79. The van der Waals surface area contributed by atoms with E-state index in [1.54, 1.807) is 13.8 Å². The molecule has 1 aromatic carbocycles. The maximum absolute atomic E-state index is 12.7. The summed E-state index contributed by atoms with van der Waals surface area (Å²) >= 11 is 0. The third-order valence-electron chi connectivity index (χ3n) is 3.85. The molecule has 0 aliphatic carbocycles. The van der Waals surface area contributed by atoms with Crippen molar-refractivity contribution in [2.24, 2.45) is 5.41 Å². The quantitative estimate of drug-likeness (QED) is 0.302. The van der Waals surface area contributed by atoms with Gasteiger partial charge in [-0.25, -0.2) is 0 Å². The Morgan fingerprint density at radius 1 is 1.04 bits per heavy atom. The zero-order chi connectivity index (χ0) is 19.4. The Hall–Kier alpha value is -2.54. The summed E-state index contributed by atoms with van der Waals surface area (Å²) in [6.45, 7) is 7.81. The van der Waals surface area contributed by atoms with E-state index in [0.717, 1.165) is 11.1 Å². The fourth-order valence-electron chi connectivity index (χ4n) is 2.48. The molecule has 4 nitrogen and oxygen atoms in total. The topological polar surface area (TPSA) is 52.6 Å². The van der Waals surface area contributed by atoms with Crippen molar-refractivity contribution in [3.8, 4) is 11.8 Å². The van der Waals surface area contributed by atoms with E-state index in [2.05, 4.69) is 11.8 Å². The minimum atomic E-state index is -1.40. The molecule has 0 aliphatic rings. The van der Waals surface area contributed by atoms with Crippen LogP contribution in [0.25, 0.3) is 0 Å². The van der Waals surface area contributed by atoms with Crippen molar-refractivity contribution in [2.45, 2.75) is 47.0 Å². The molecule has 0 atom stereocenters. The number of rotatable bonds is 8. The van der Waals surface area contributed by atoms with Gasteiger partial charge in [-0.2, -0.15) is 0 Å². The zero-order valence-electron chi connectivity index (χ0n) is 16.1. The van der Waals surface area contributed by atoms with Crippen LogP contribution in [0.1, 0.15) is 52.5 Å². The van der Waals surface area contributed by atoms with E-state index in [9.17, 15) is 9.59 Å². The van der Waals surface area contributed by atoms with Gasteiger partial charge in [0.2, 0.25) is 0 Å². The Bertz CT molecular complexity index is 655. The predicted octanol–water partition coefficient (Wildman–Crippen LogP) is 4.29. The van der Waals surface area contributed by atoms with Gasteiger partial charge in [-0.05, 0) is 52.7 Å². The van der Waals surface area contributed by atoms with Crippen LogP contribution < -0.4 is 0 Å². The van der Waals surface area contributed by atoms with Crippen LogP contribution in [0.15, 0.2) is 42.0 Å². The van der Waals surface area contributed by atoms with E-state index in [4.69, 9.17) is 9.47 Å². The number of benzene rings is 1. The molecule has 26 heavy (non-hydrogen) atoms. The zero-order valence-corrected chi connectivity index (χ0v) is 16.1. The molecule has 0 spiro atoms. The highest BCUT2D eigenvalue weighted by atomic mass is 16.6. The van der Waals surface area contributed by atoms with Gasteiger partial charge in [0.15, 0.2) is 5.41 Å². The Morgan fingerprint density at radius 2 is 1.62 bits per heavy atom. The second kappa shape index (κ2) is 11.1. The number of ether oxygens (including phenoxy) is 2. The van der Waals surface area contributed by atoms with Gasteiger partial charge in [0.1, 0.15) is 0 Å². The van der Waals surface area contributed by atoms with E-state index in [1.165, 1.54) is 0 Å². The highest BCUT2D eigenvalue weighted by Gasteiger charge is 2.47. The van der Waals surface area contributed by atoms with Crippen LogP contribution in [0.4, 0.5) is 0 Å². The lowest BCUT2D eigenvalue weighted by Crippen LogP contribution is -2.42. The van der Waals surface area contributed by atoms with Crippen molar-refractivity contribution in [2.75, 3.05) is 13.2 Å². The predicted molar refractivity (Wildman–Crippen MR) is 102 cm³/mol. The molecule has 0 N–H and O–H groups in total. The Kier molecular flexibility index (Phi) is 9.22. The second-order valence-electron chi connectivity index (χ2n) is 6.19. The number of carbonyl (C=O) groups excluding carboxylic acids is 2. The van der Waals surface area contributed by atoms with E-state index < -0.39 is 17.4 Å². The maximum Gasteiger partial charge on any atom is 0.324 e. The minimum Gasteiger partial charge on any atom is -0.465 e. The molecule has 0 heterocycles. The lowest BCUT2D eigenvalue weighted by Gasteiger charge is -2.27. The molecule has 1 rings (SSSR count). The van der Waals surface area contributed by atoms with Crippen LogP contribution in [-0.2, 0) is 19.1 Å². The number of hydrogen-bond donors (Lipinski definition) is 0. The van der Waals surface area contributed by atoms with Gasteiger partial charge < -0.3 is 9.47 Å². The first-order valence-electron chi connectivity index (χ1n) is 8.98.